The third-order valence-corrected chi connectivity index (χ3v) is 3.92. The number of hydrogen-bond acceptors (Lipinski definition) is 3. The van der Waals surface area contributed by atoms with Crippen LogP contribution in [0.3, 0.4) is 0 Å². The van der Waals surface area contributed by atoms with Crippen LogP contribution in [-0.4, -0.2) is 37.3 Å². The summed E-state index contributed by atoms with van der Waals surface area (Å²) < 4.78 is 12.2. The predicted molar refractivity (Wildman–Crippen MR) is 76.0 cm³/mol. The van der Waals surface area contributed by atoms with Crippen molar-refractivity contribution in [3.8, 4) is 5.75 Å². The van der Waals surface area contributed by atoms with Crippen molar-refractivity contribution >= 4 is 15.9 Å². The molecule has 0 unspecified atom stereocenters. The molecule has 1 aromatic rings. The number of benzene rings is 1. The molecule has 18 heavy (non-hydrogen) atoms. The van der Waals surface area contributed by atoms with Gasteiger partial charge < -0.3 is 9.47 Å². The average molecular weight is 314 g/mol. The minimum atomic E-state index is 0.304. The molecule has 1 aromatic carbocycles. The molecule has 1 saturated heterocycles. The fourth-order valence-corrected chi connectivity index (χ4v) is 2.83. The van der Waals surface area contributed by atoms with E-state index in [1.807, 2.05) is 12.1 Å². The lowest BCUT2D eigenvalue weighted by molar-refractivity contribution is -0.0705. The molecule has 0 bridgehead atoms. The maximum absolute atomic E-state index is 5.75. The van der Waals surface area contributed by atoms with Gasteiger partial charge >= 0.3 is 0 Å². The molecular formula is C14H20BrNO2. The van der Waals surface area contributed by atoms with Gasteiger partial charge in [0.15, 0.2) is 0 Å². The van der Waals surface area contributed by atoms with Gasteiger partial charge in [-0.15, -0.1) is 0 Å². The van der Waals surface area contributed by atoms with E-state index in [0.717, 1.165) is 29.9 Å². The van der Waals surface area contributed by atoms with Crippen LogP contribution < -0.4 is 4.74 Å². The molecule has 1 heterocycles. The van der Waals surface area contributed by atoms with Crippen LogP contribution in [0.1, 0.15) is 19.4 Å². The molecule has 0 radical (unpaired) electrons. The van der Waals surface area contributed by atoms with Crippen molar-refractivity contribution in [3.63, 3.8) is 0 Å². The zero-order chi connectivity index (χ0) is 13.1. The molecule has 0 N–H and O–H groups in total. The third kappa shape index (κ3) is 3.46. The highest BCUT2D eigenvalue weighted by atomic mass is 79.9. The van der Waals surface area contributed by atoms with Crippen LogP contribution in [0.4, 0.5) is 0 Å². The molecule has 0 saturated carbocycles. The zero-order valence-electron chi connectivity index (χ0n) is 11.1. The van der Waals surface area contributed by atoms with Crippen molar-refractivity contribution in [1.82, 2.24) is 4.90 Å². The molecule has 100 valence electrons. The van der Waals surface area contributed by atoms with E-state index in [4.69, 9.17) is 9.47 Å². The summed E-state index contributed by atoms with van der Waals surface area (Å²) in [5, 5.41) is 0. The first-order valence-electron chi connectivity index (χ1n) is 6.28. The maximum atomic E-state index is 5.75. The molecular weight excluding hydrogens is 294 g/mol. The Balaban J connectivity index is 2.08. The summed E-state index contributed by atoms with van der Waals surface area (Å²) in [7, 11) is 1.70. The normalized spacial score (nSPS) is 25.1. The number of methoxy groups -OCH3 is 1. The molecule has 1 aliphatic heterocycles. The highest BCUT2D eigenvalue weighted by Gasteiger charge is 2.22. The topological polar surface area (TPSA) is 21.7 Å². The molecule has 2 atom stereocenters. The van der Waals surface area contributed by atoms with E-state index in [-0.39, 0.29) is 0 Å². The van der Waals surface area contributed by atoms with Crippen molar-refractivity contribution < 1.29 is 9.47 Å². The standard InChI is InChI=1S/C14H20BrNO2/c1-10-7-16(8-11(2)18-10)9-12-6-13(17-3)4-5-14(12)15/h4-6,10-11H,7-9H2,1-3H3/t10-,11+. The van der Waals surface area contributed by atoms with Gasteiger partial charge in [-0.25, -0.2) is 0 Å². The summed E-state index contributed by atoms with van der Waals surface area (Å²) >= 11 is 3.60. The number of rotatable bonds is 3. The van der Waals surface area contributed by atoms with E-state index in [2.05, 4.69) is 40.7 Å². The lowest BCUT2D eigenvalue weighted by Gasteiger charge is -2.35. The SMILES string of the molecule is COc1ccc(Br)c(CN2C[C@@H](C)O[C@@H](C)C2)c1. The van der Waals surface area contributed by atoms with Crippen molar-refractivity contribution in [1.29, 1.82) is 0 Å². The highest BCUT2D eigenvalue weighted by molar-refractivity contribution is 9.10. The van der Waals surface area contributed by atoms with Crippen LogP contribution in [0.15, 0.2) is 22.7 Å². The quantitative estimate of drug-likeness (QED) is 0.856. The molecule has 0 aromatic heterocycles. The number of nitrogens with zero attached hydrogens (tertiary/aromatic N) is 1. The van der Waals surface area contributed by atoms with Gasteiger partial charge in [0.25, 0.3) is 0 Å². The molecule has 1 aliphatic rings. The highest BCUT2D eigenvalue weighted by Crippen LogP contribution is 2.25. The molecule has 0 spiro atoms. The van der Waals surface area contributed by atoms with Crippen molar-refractivity contribution in [2.75, 3.05) is 20.2 Å². The first-order chi connectivity index (χ1) is 8.58. The molecule has 4 heteroatoms. The molecule has 1 fully saturated rings. The third-order valence-electron chi connectivity index (χ3n) is 3.14. The second-order valence-corrected chi connectivity index (χ2v) is 5.76. The Morgan fingerprint density at radius 3 is 2.61 bits per heavy atom. The summed E-state index contributed by atoms with van der Waals surface area (Å²) in [5.41, 5.74) is 1.26. The van der Waals surface area contributed by atoms with Gasteiger partial charge in [0.1, 0.15) is 5.75 Å². The van der Waals surface area contributed by atoms with Crippen molar-refractivity contribution in [3.05, 3.63) is 28.2 Å². The van der Waals surface area contributed by atoms with E-state index in [0.29, 0.717) is 12.2 Å². The van der Waals surface area contributed by atoms with Crippen LogP contribution in [0.25, 0.3) is 0 Å². The Morgan fingerprint density at radius 2 is 2.00 bits per heavy atom. The Hall–Kier alpha value is -0.580. The zero-order valence-corrected chi connectivity index (χ0v) is 12.7. The molecule has 0 amide bonds. The fourth-order valence-electron chi connectivity index (χ4n) is 2.45. The van der Waals surface area contributed by atoms with Gasteiger partial charge in [0.2, 0.25) is 0 Å². The van der Waals surface area contributed by atoms with Crippen molar-refractivity contribution in [2.45, 2.75) is 32.6 Å². The summed E-state index contributed by atoms with van der Waals surface area (Å²) in [6, 6.07) is 6.11. The number of halogens is 1. The Kier molecular flexibility index (Phi) is 4.65. The van der Waals surface area contributed by atoms with Crippen LogP contribution in [-0.2, 0) is 11.3 Å². The molecule has 3 nitrogen and oxygen atoms in total. The maximum Gasteiger partial charge on any atom is 0.119 e. The minimum absolute atomic E-state index is 0.304. The number of morpholine rings is 1. The van der Waals surface area contributed by atoms with Gasteiger partial charge in [-0.1, -0.05) is 15.9 Å². The largest absolute Gasteiger partial charge is 0.497 e. The van der Waals surface area contributed by atoms with Gasteiger partial charge in [-0.2, -0.15) is 0 Å². The first kappa shape index (κ1) is 13.8. The van der Waals surface area contributed by atoms with E-state index >= 15 is 0 Å². The van der Waals surface area contributed by atoms with Gasteiger partial charge in [-0.05, 0) is 37.6 Å². The minimum Gasteiger partial charge on any atom is -0.497 e. The van der Waals surface area contributed by atoms with E-state index < -0.39 is 0 Å². The van der Waals surface area contributed by atoms with Crippen LogP contribution in [0.2, 0.25) is 0 Å². The van der Waals surface area contributed by atoms with Gasteiger partial charge in [0, 0.05) is 24.1 Å². The predicted octanol–water partition coefficient (Wildman–Crippen LogP) is 3.07. The smallest absolute Gasteiger partial charge is 0.119 e. The summed E-state index contributed by atoms with van der Waals surface area (Å²) in [5.74, 6) is 0.905. The Labute approximate surface area is 117 Å². The lowest BCUT2D eigenvalue weighted by Crippen LogP contribution is -2.44. The number of hydrogen-bond donors (Lipinski definition) is 0. The second-order valence-electron chi connectivity index (χ2n) is 4.91. The fraction of sp³-hybridized carbons (Fsp3) is 0.571. The summed E-state index contributed by atoms with van der Waals surface area (Å²) in [4.78, 5) is 2.43. The summed E-state index contributed by atoms with van der Waals surface area (Å²) in [6.07, 6.45) is 0.608. The van der Waals surface area contributed by atoms with E-state index in [9.17, 15) is 0 Å². The first-order valence-corrected chi connectivity index (χ1v) is 7.08. The van der Waals surface area contributed by atoms with Crippen LogP contribution in [0, 0.1) is 0 Å². The molecule has 0 aliphatic carbocycles. The van der Waals surface area contributed by atoms with E-state index in [1.165, 1.54) is 5.56 Å². The van der Waals surface area contributed by atoms with Crippen LogP contribution in [0.5, 0.6) is 5.75 Å². The average Bonchev–Trinajstić information content (AvgIpc) is 2.30. The Bertz CT molecular complexity index is 401. The van der Waals surface area contributed by atoms with E-state index in [1.54, 1.807) is 7.11 Å². The van der Waals surface area contributed by atoms with Crippen LogP contribution >= 0.6 is 15.9 Å². The second kappa shape index (κ2) is 6.04. The lowest BCUT2D eigenvalue weighted by atomic mass is 10.1. The Morgan fingerprint density at radius 1 is 1.33 bits per heavy atom. The molecule has 2 rings (SSSR count). The monoisotopic (exact) mass is 313 g/mol. The summed E-state index contributed by atoms with van der Waals surface area (Å²) in [6.45, 7) is 7.14. The number of ether oxygens (including phenoxy) is 2. The van der Waals surface area contributed by atoms with Gasteiger partial charge in [0.05, 0.1) is 19.3 Å². The van der Waals surface area contributed by atoms with Gasteiger partial charge in [-0.3, -0.25) is 4.90 Å². The van der Waals surface area contributed by atoms with Crippen molar-refractivity contribution in [2.24, 2.45) is 0 Å².